The second kappa shape index (κ2) is 5.85. The van der Waals surface area contributed by atoms with E-state index < -0.39 is 11.7 Å². The van der Waals surface area contributed by atoms with Crippen LogP contribution in [0.15, 0.2) is 41.2 Å². The Kier molecular flexibility index (Phi) is 3.87. The van der Waals surface area contributed by atoms with Gasteiger partial charge in [-0.05, 0) is 36.4 Å². The van der Waals surface area contributed by atoms with Crippen molar-refractivity contribution in [2.45, 2.75) is 0 Å². The van der Waals surface area contributed by atoms with E-state index in [2.05, 4.69) is 5.32 Å². The summed E-state index contributed by atoms with van der Waals surface area (Å²) in [6.07, 6.45) is 0. The van der Waals surface area contributed by atoms with Crippen LogP contribution in [0.2, 0.25) is 0 Å². The molecule has 0 aliphatic carbocycles. The SMILES string of the molecule is COc1ccc(C(=O)Nc2ccc3c(c2)sc(=O)n3C)cc1F. The van der Waals surface area contributed by atoms with Crippen LogP contribution in [0.5, 0.6) is 5.75 Å². The molecule has 0 unspecified atom stereocenters. The highest BCUT2D eigenvalue weighted by atomic mass is 32.1. The van der Waals surface area contributed by atoms with Gasteiger partial charge in [0.1, 0.15) is 0 Å². The lowest BCUT2D eigenvalue weighted by Crippen LogP contribution is -2.12. The third-order valence-corrected chi connectivity index (χ3v) is 4.46. The van der Waals surface area contributed by atoms with Crippen LogP contribution in [0.25, 0.3) is 10.2 Å². The molecule has 23 heavy (non-hydrogen) atoms. The summed E-state index contributed by atoms with van der Waals surface area (Å²) in [6, 6.07) is 9.18. The minimum Gasteiger partial charge on any atom is -0.494 e. The zero-order valence-electron chi connectivity index (χ0n) is 12.4. The molecule has 0 aliphatic rings. The number of carbonyl (C=O) groups excluding carboxylic acids is 1. The molecule has 5 nitrogen and oxygen atoms in total. The minimum atomic E-state index is -0.600. The molecule has 0 aliphatic heterocycles. The Morgan fingerprint density at radius 1 is 1.26 bits per heavy atom. The molecule has 0 spiro atoms. The summed E-state index contributed by atoms with van der Waals surface area (Å²) >= 11 is 1.10. The summed E-state index contributed by atoms with van der Waals surface area (Å²) < 4.78 is 20.8. The average Bonchev–Trinajstić information content (AvgIpc) is 2.81. The molecule has 0 radical (unpaired) electrons. The number of amides is 1. The predicted octanol–water partition coefficient (Wildman–Crippen LogP) is 3.00. The van der Waals surface area contributed by atoms with Gasteiger partial charge in [-0.2, -0.15) is 0 Å². The van der Waals surface area contributed by atoms with Crippen LogP contribution in [0.3, 0.4) is 0 Å². The summed E-state index contributed by atoms with van der Waals surface area (Å²) in [4.78, 5) is 23.8. The maximum atomic E-state index is 13.7. The van der Waals surface area contributed by atoms with Gasteiger partial charge >= 0.3 is 4.87 Å². The van der Waals surface area contributed by atoms with Crippen molar-refractivity contribution < 1.29 is 13.9 Å². The quantitative estimate of drug-likeness (QED) is 0.802. The zero-order valence-corrected chi connectivity index (χ0v) is 13.2. The number of rotatable bonds is 3. The van der Waals surface area contributed by atoms with Gasteiger partial charge < -0.3 is 14.6 Å². The van der Waals surface area contributed by atoms with Crippen molar-refractivity contribution in [3.63, 3.8) is 0 Å². The van der Waals surface area contributed by atoms with Crippen molar-refractivity contribution >= 4 is 33.1 Å². The van der Waals surface area contributed by atoms with Gasteiger partial charge in [-0.1, -0.05) is 11.3 Å². The van der Waals surface area contributed by atoms with Crippen LogP contribution in [-0.4, -0.2) is 17.6 Å². The molecule has 0 bridgehead atoms. The molecule has 1 aromatic heterocycles. The third-order valence-electron chi connectivity index (χ3n) is 3.46. The molecule has 1 amide bonds. The molecule has 1 N–H and O–H groups in total. The van der Waals surface area contributed by atoms with Gasteiger partial charge in [-0.3, -0.25) is 9.59 Å². The number of hydrogen-bond acceptors (Lipinski definition) is 4. The maximum Gasteiger partial charge on any atom is 0.307 e. The number of methoxy groups -OCH3 is 1. The first kappa shape index (κ1) is 15.2. The van der Waals surface area contributed by atoms with Crippen LogP contribution in [-0.2, 0) is 7.05 Å². The van der Waals surface area contributed by atoms with E-state index in [1.54, 1.807) is 29.8 Å². The average molecular weight is 332 g/mol. The molecule has 0 saturated carbocycles. The van der Waals surface area contributed by atoms with E-state index in [-0.39, 0.29) is 16.2 Å². The van der Waals surface area contributed by atoms with Gasteiger partial charge in [-0.25, -0.2) is 4.39 Å². The molecular weight excluding hydrogens is 319 g/mol. The number of nitrogens with one attached hydrogen (secondary N) is 1. The van der Waals surface area contributed by atoms with Crippen molar-refractivity contribution in [1.82, 2.24) is 4.57 Å². The Bertz CT molecular complexity index is 962. The summed E-state index contributed by atoms with van der Waals surface area (Å²) in [5.74, 6) is -0.955. The Balaban J connectivity index is 1.87. The summed E-state index contributed by atoms with van der Waals surface area (Å²) in [6.45, 7) is 0. The lowest BCUT2D eigenvalue weighted by atomic mass is 10.2. The van der Waals surface area contributed by atoms with Crippen molar-refractivity contribution in [3.05, 3.63) is 57.4 Å². The lowest BCUT2D eigenvalue weighted by Gasteiger charge is -2.07. The van der Waals surface area contributed by atoms with Gasteiger partial charge in [0.15, 0.2) is 11.6 Å². The molecule has 7 heteroatoms. The Labute approximate surface area is 134 Å². The van der Waals surface area contributed by atoms with E-state index in [0.717, 1.165) is 27.6 Å². The molecule has 0 saturated heterocycles. The van der Waals surface area contributed by atoms with E-state index in [4.69, 9.17) is 4.74 Å². The van der Waals surface area contributed by atoms with E-state index in [1.807, 2.05) is 0 Å². The standard InChI is InChI=1S/C16H13FN2O3S/c1-19-12-5-4-10(8-14(12)23-16(19)21)18-15(20)9-3-6-13(22-2)11(17)7-9/h3-8H,1-2H3,(H,18,20). The molecule has 118 valence electrons. The first-order valence-corrected chi connectivity index (χ1v) is 7.55. The molecule has 3 rings (SSSR count). The molecule has 3 aromatic rings. The van der Waals surface area contributed by atoms with Gasteiger partial charge in [0.2, 0.25) is 0 Å². The highest BCUT2D eigenvalue weighted by Crippen LogP contribution is 2.22. The Hall–Kier alpha value is -2.67. The summed E-state index contributed by atoms with van der Waals surface area (Å²) in [5, 5.41) is 2.69. The number of hydrogen-bond donors (Lipinski definition) is 1. The first-order valence-electron chi connectivity index (χ1n) is 6.74. The number of thiazole rings is 1. The van der Waals surface area contributed by atoms with Crippen LogP contribution in [0.4, 0.5) is 10.1 Å². The highest BCUT2D eigenvalue weighted by Gasteiger charge is 2.11. The monoisotopic (exact) mass is 332 g/mol. The number of carbonyl (C=O) groups is 1. The first-order chi connectivity index (χ1) is 11.0. The number of anilines is 1. The van der Waals surface area contributed by atoms with Crippen molar-refractivity contribution in [2.75, 3.05) is 12.4 Å². The molecule has 2 aromatic carbocycles. The van der Waals surface area contributed by atoms with Gasteiger partial charge in [0, 0.05) is 18.3 Å². The fraction of sp³-hybridized carbons (Fsp3) is 0.125. The topological polar surface area (TPSA) is 60.3 Å². The lowest BCUT2D eigenvalue weighted by molar-refractivity contribution is 0.102. The van der Waals surface area contributed by atoms with Crippen LogP contribution in [0, 0.1) is 5.82 Å². The summed E-state index contributed by atoms with van der Waals surface area (Å²) in [5.41, 5.74) is 1.53. The molecule has 0 atom stereocenters. The largest absolute Gasteiger partial charge is 0.494 e. The van der Waals surface area contributed by atoms with Gasteiger partial charge in [-0.15, -0.1) is 0 Å². The molecular formula is C16H13FN2O3S. The normalized spacial score (nSPS) is 10.7. The van der Waals surface area contributed by atoms with Crippen LogP contribution < -0.4 is 14.9 Å². The van der Waals surface area contributed by atoms with Crippen molar-refractivity contribution in [2.24, 2.45) is 7.05 Å². The second-order valence-electron chi connectivity index (χ2n) is 4.91. The predicted molar refractivity (Wildman–Crippen MR) is 88.0 cm³/mol. The number of fused-ring (bicyclic) bond motifs is 1. The summed E-state index contributed by atoms with van der Waals surface area (Å²) in [7, 11) is 3.05. The van der Waals surface area contributed by atoms with Gasteiger partial charge in [0.25, 0.3) is 5.91 Å². The minimum absolute atomic E-state index is 0.0688. The Morgan fingerprint density at radius 2 is 2.04 bits per heavy atom. The fourth-order valence-electron chi connectivity index (χ4n) is 2.22. The fourth-order valence-corrected chi connectivity index (χ4v) is 3.14. The molecule has 0 fully saturated rings. The number of aryl methyl sites for hydroxylation is 1. The van der Waals surface area contributed by atoms with E-state index >= 15 is 0 Å². The van der Waals surface area contributed by atoms with Crippen molar-refractivity contribution in [1.29, 1.82) is 0 Å². The number of ether oxygens (including phenoxy) is 1. The van der Waals surface area contributed by atoms with Crippen molar-refractivity contribution in [3.8, 4) is 5.75 Å². The highest BCUT2D eigenvalue weighted by molar-refractivity contribution is 7.16. The van der Waals surface area contributed by atoms with Crippen LogP contribution >= 0.6 is 11.3 Å². The number of aromatic nitrogens is 1. The molecule has 1 heterocycles. The van der Waals surface area contributed by atoms with E-state index in [0.29, 0.717) is 5.69 Å². The third kappa shape index (κ3) is 2.83. The zero-order chi connectivity index (χ0) is 16.6. The number of benzene rings is 2. The number of halogens is 1. The Morgan fingerprint density at radius 3 is 2.74 bits per heavy atom. The van der Waals surface area contributed by atoms with Crippen LogP contribution in [0.1, 0.15) is 10.4 Å². The smallest absolute Gasteiger partial charge is 0.307 e. The van der Waals surface area contributed by atoms with E-state index in [9.17, 15) is 14.0 Å². The maximum absolute atomic E-state index is 13.7. The number of nitrogens with zero attached hydrogens (tertiary/aromatic N) is 1. The van der Waals surface area contributed by atoms with E-state index in [1.165, 1.54) is 19.2 Å². The second-order valence-corrected chi connectivity index (χ2v) is 5.91. The van der Waals surface area contributed by atoms with Gasteiger partial charge in [0.05, 0.1) is 17.3 Å².